The van der Waals surface area contributed by atoms with Gasteiger partial charge in [-0.25, -0.2) is 4.98 Å². The summed E-state index contributed by atoms with van der Waals surface area (Å²) in [4.78, 5) is 4.61. The molecular formula is C23H25N7. The Bertz CT molecular complexity index is 1260. The molecule has 0 spiro atoms. The Morgan fingerprint density at radius 1 is 1.17 bits per heavy atom. The van der Waals surface area contributed by atoms with E-state index in [1.165, 1.54) is 11.1 Å². The molecule has 0 amide bonds. The molecule has 0 atom stereocenters. The number of pyridine rings is 1. The highest BCUT2D eigenvalue weighted by Crippen LogP contribution is 2.28. The molecule has 0 aliphatic carbocycles. The third-order valence-corrected chi connectivity index (χ3v) is 5.65. The number of aromatic nitrogens is 3. The van der Waals surface area contributed by atoms with Gasteiger partial charge < -0.3 is 16.5 Å². The first-order valence-corrected chi connectivity index (χ1v) is 10.3. The van der Waals surface area contributed by atoms with Crippen molar-refractivity contribution in [3.05, 3.63) is 65.4 Å². The topological polar surface area (TPSA) is 93.2 Å². The molecule has 0 saturated heterocycles. The number of nitrogens with two attached hydrogens (primary N) is 1. The van der Waals surface area contributed by atoms with Crippen molar-refractivity contribution in [1.29, 1.82) is 0 Å². The van der Waals surface area contributed by atoms with Crippen LogP contribution in [0.25, 0.3) is 21.8 Å². The molecule has 7 heteroatoms. The van der Waals surface area contributed by atoms with Gasteiger partial charge in [-0.3, -0.25) is 4.68 Å². The van der Waals surface area contributed by atoms with Gasteiger partial charge in [-0.1, -0.05) is 36.4 Å². The van der Waals surface area contributed by atoms with Gasteiger partial charge in [0.2, 0.25) is 0 Å². The Labute approximate surface area is 175 Å². The fraction of sp³-hybridized carbons (Fsp3) is 0.261. The van der Waals surface area contributed by atoms with Gasteiger partial charge in [-0.2, -0.15) is 10.2 Å². The largest absolute Gasteiger partial charge is 0.382 e. The minimum absolute atomic E-state index is 0.466. The van der Waals surface area contributed by atoms with Crippen LogP contribution >= 0.6 is 0 Å². The Kier molecular flexibility index (Phi) is 4.80. The minimum Gasteiger partial charge on any atom is -0.382 e. The van der Waals surface area contributed by atoms with Crippen molar-refractivity contribution in [2.24, 2.45) is 5.10 Å². The predicted octanol–water partition coefficient (Wildman–Crippen LogP) is 2.96. The lowest BCUT2D eigenvalue weighted by Gasteiger charge is -2.07. The summed E-state index contributed by atoms with van der Waals surface area (Å²) < 4.78 is 1.95. The lowest BCUT2D eigenvalue weighted by atomic mass is 10.0. The second-order valence-electron chi connectivity index (χ2n) is 7.70. The summed E-state index contributed by atoms with van der Waals surface area (Å²) in [5.74, 6) is 0.466. The van der Waals surface area contributed by atoms with Crippen LogP contribution in [0.3, 0.4) is 0 Å². The van der Waals surface area contributed by atoms with E-state index in [-0.39, 0.29) is 0 Å². The Morgan fingerprint density at radius 3 is 2.90 bits per heavy atom. The summed E-state index contributed by atoms with van der Waals surface area (Å²) in [7, 11) is 0. The molecule has 0 saturated carbocycles. The van der Waals surface area contributed by atoms with Gasteiger partial charge in [0.25, 0.3) is 0 Å². The van der Waals surface area contributed by atoms with Gasteiger partial charge in [0.15, 0.2) is 5.82 Å². The van der Waals surface area contributed by atoms with Gasteiger partial charge in [0, 0.05) is 43.0 Å². The predicted molar refractivity (Wildman–Crippen MR) is 121 cm³/mol. The van der Waals surface area contributed by atoms with Crippen LogP contribution in [0.2, 0.25) is 0 Å². The van der Waals surface area contributed by atoms with E-state index in [4.69, 9.17) is 5.73 Å². The number of nitrogens with one attached hydrogen (secondary N) is 2. The van der Waals surface area contributed by atoms with Crippen molar-refractivity contribution in [1.82, 2.24) is 25.5 Å². The third kappa shape index (κ3) is 3.48. The number of hydrogen-bond acceptors (Lipinski definition) is 6. The molecule has 1 aliphatic rings. The number of fused-ring (bicyclic) bond motifs is 3. The van der Waals surface area contributed by atoms with Crippen LogP contribution in [0.1, 0.15) is 23.1 Å². The number of hydrogen-bond donors (Lipinski definition) is 3. The molecule has 2 aromatic heterocycles. The first kappa shape index (κ1) is 18.6. The summed E-state index contributed by atoms with van der Waals surface area (Å²) in [6.45, 7) is 5.46. The maximum absolute atomic E-state index is 6.24. The monoisotopic (exact) mass is 399 g/mol. The average molecular weight is 400 g/mol. The fourth-order valence-corrected chi connectivity index (χ4v) is 3.95. The van der Waals surface area contributed by atoms with Crippen molar-refractivity contribution in [2.45, 2.75) is 26.4 Å². The number of hydrazone groups is 1. The molecule has 1 aliphatic heterocycles. The van der Waals surface area contributed by atoms with Crippen molar-refractivity contribution < 1.29 is 0 Å². The number of nitrogens with zero attached hydrogens (tertiary/aromatic N) is 4. The summed E-state index contributed by atoms with van der Waals surface area (Å²) >= 11 is 0. The number of aryl methyl sites for hydroxylation is 1. The van der Waals surface area contributed by atoms with Crippen molar-refractivity contribution in [2.75, 3.05) is 18.8 Å². The normalized spacial score (nSPS) is 13.7. The lowest BCUT2D eigenvalue weighted by molar-refractivity contribution is 0.558. The highest BCUT2D eigenvalue weighted by molar-refractivity contribution is 6.10. The molecule has 30 heavy (non-hydrogen) atoms. The van der Waals surface area contributed by atoms with Crippen molar-refractivity contribution in [3.63, 3.8) is 0 Å². The highest BCUT2D eigenvalue weighted by Gasteiger charge is 2.14. The molecule has 2 aromatic carbocycles. The van der Waals surface area contributed by atoms with Crippen LogP contribution in [-0.2, 0) is 13.1 Å². The molecule has 4 N–H and O–H groups in total. The fourth-order valence-electron chi connectivity index (χ4n) is 3.95. The molecule has 0 unspecified atom stereocenters. The standard InChI is InChI=1S/C23H25N7/c1-15-4-2-3-5-17(15)13-25-10-11-30-14-19-18-7-6-16(20-8-9-26-28-20)12-21(18)27-23(24)22(19)29-30/h2-7,12,14,25-26H,8-11,13H2,1H3,(H2,24,27). The van der Waals surface area contributed by atoms with Crippen molar-refractivity contribution in [3.8, 4) is 0 Å². The van der Waals surface area contributed by atoms with E-state index in [9.17, 15) is 0 Å². The molecule has 4 aromatic rings. The molecule has 0 bridgehead atoms. The SMILES string of the molecule is Cc1ccccc1CNCCn1cc2c(n1)c(N)nc1cc(C3=NNCC3)ccc12. The van der Waals surface area contributed by atoms with E-state index < -0.39 is 0 Å². The maximum Gasteiger partial charge on any atom is 0.152 e. The van der Waals surface area contributed by atoms with E-state index in [1.807, 2.05) is 4.68 Å². The summed E-state index contributed by atoms with van der Waals surface area (Å²) in [6.07, 6.45) is 3.00. The quantitative estimate of drug-likeness (QED) is 0.434. The van der Waals surface area contributed by atoms with Crippen LogP contribution in [0.4, 0.5) is 5.82 Å². The average Bonchev–Trinajstić information content (AvgIpc) is 3.43. The van der Waals surface area contributed by atoms with Crippen LogP contribution in [0, 0.1) is 6.92 Å². The van der Waals surface area contributed by atoms with E-state index in [0.29, 0.717) is 5.82 Å². The zero-order valence-electron chi connectivity index (χ0n) is 17.0. The van der Waals surface area contributed by atoms with E-state index in [0.717, 1.165) is 65.7 Å². The number of rotatable bonds is 6. The van der Waals surface area contributed by atoms with Gasteiger partial charge in [0.05, 0.1) is 17.8 Å². The highest BCUT2D eigenvalue weighted by atomic mass is 15.3. The van der Waals surface area contributed by atoms with Gasteiger partial charge in [0.1, 0.15) is 5.52 Å². The van der Waals surface area contributed by atoms with Crippen LogP contribution in [0.15, 0.2) is 53.8 Å². The Hall–Kier alpha value is -3.45. The number of anilines is 1. The van der Waals surface area contributed by atoms with Crippen LogP contribution in [0.5, 0.6) is 0 Å². The number of benzene rings is 2. The van der Waals surface area contributed by atoms with Crippen LogP contribution < -0.4 is 16.5 Å². The molecule has 3 heterocycles. The minimum atomic E-state index is 0.466. The van der Waals surface area contributed by atoms with Gasteiger partial charge in [-0.15, -0.1) is 0 Å². The zero-order valence-corrected chi connectivity index (χ0v) is 17.0. The second-order valence-corrected chi connectivity index (χ2v) is 7.70. The van der Waals surface area contributed by atoms with Gasteiger partial charge >= 0.3 is 0 Å². The van der Waals surface area contributed by atoms with Crippen molar-refractivity contribution >= 4 is 33.3 Å². The molecular weight excluding hydrogens is 374 g/mol. The molecule has 5 rings (SSSR count). The van der Waals surface area contributed by atoms with E-state index in [1.54, 1.807) is 0 Å². The maximum atomic E-state index is 6.24. The Morgan fingerprint density at radius 2 is 2.07 bits per heavy atom. The summed E-state index contributed by atoms with van der Waals surface area (Å²) in [5, 5.41) is 14.6. The molecule has 0 fully saturated rings. The summed E-state index contributed by atoms with van der Waals surface area (Å²) in [6, 6.07) is 14.7. The summed E-state index contributed by atoms with van der Waals surface area (Å²) in [5.41, 5.74) is 15.7. The molecule has 152 valence electrons. The number of nitrogen functional groups attached to an aromatic ring is 1. The first-order valence-electron chi connectivity index (χ1n) is 10.3. The second kappa shape index (κ2) is 7.76. The smallest absolute Gasteiger partial charge is 0.152 e. The third-order valence-electron chi connectivity index (χ3n) is 5.65. The Balaban J connectivity index is 1.36. The van der Waals surface area contributed by atoms with Crippen LogP contribution in [-0.4, -0.2) is 33.6 Å². The first-order chi connectivity index (χ1) is 14.7. The molecule has 7 nitrogen and oxygen atoms in total. The lowest BCUT2D eigenvalue weighted by Crippen LogP contribution is -2.20. The molecule has 0 radical (unpaired) electrons. The van der Waals surface area contributed by atoms with E-state index >= 15 is 0 Å². The van der Waals surface area contributed by atoms with E-state index in [2.05, 4.69) is 81.5 Å². The zero-order chi connectivity index (χ0) is 20.5. The van der Waals surface area contributed by atoms with Gasteiger partial charge in [-0.05, 0) is 29.7 Å².